The second-order valence-corrected chi connectivity index (χ2v) is 5.73. The van der Waals surface area contributed by atoms with E-state index in [1.165, 1.54) is 28.3 Å². The van der Waals surface area contributed by atoms with Crippen LogP contribution < -0.4 is 5.32 Å². The lowest BCUT2D eigenvalue weighted by Crippen LogP contribution is -2.28. The van der Waals surface area contributed by atoms with E-state index >= 15 is 0 Å². The van der Waals surface area contributed by atoms with Gasteiger partial charge in [0.25, 0.3) is 0 Å². The van der Waals surface area contributed by atoms with Crippen LogP contribution in [0.1, 0.15) is 30.4 Å². The van der Waals surface area contributed by atoms with Crippen molar-refractivity contribution in [1.29, 1.82) is 0 Å². The molecule has 2 heteroatoms. The average molecular weight is 251 g/mol. The van der Waals surface area contributed by atoms with Crippen molar-refractivity contribution in [3.05, 3.63) is 41.5 Å². The number of anilines is 1. The van der Waals surface area contributed by atoms with Crippen LogP contribution in [0, 0.1) is 5.92 Å². The Hall–Kier alpha value is -1.83. The Bertz CT molecular complexity index is 660. The Morgan fingerprint density at radius 1 is 1.05 bits per heavy atom. The SMILES string of the molecule is O=C(Nc1ccc2c3c(cccc13)CC2)C1CCC1. The van der Waals surface area contributed by atoms with Gasteiger partial charge < -0.3 is 5.32 Å². The highest BCUT2D eigenvalue weighted by molar-refractivity contribution is 6.05. The average Bonchev–Trinajstić information content (AvgIpc) is 2.76. The number of carbonyl (C=O) groups excluding carboxylic acids is 1. The molecule has 0 heterocycles. The van der Waals surface area contributed by atoms with Gasteiger partial charge in [-0.15, -0.1) is 0 Å². The third-order valence-corrected chi connectivity index (χ3v) is 4.61. The van der Waals surface area contributed by atoms with Gasteiger partial charge in [0.1, 0.15) is 0 Å². The fraction of sp³-hybridized carbons (Fsp3) is 0.353. The van der Waals surface area contributed by atoms with E-state index in [2.05, 4.69) is 35.6 Å². The third kappa shape index (κ3) is 1.66. The van der Waals surface area contributed by atoms with E-state index in [-0.39, 0.29) is 11.8 Å². The normalized spacial score (nSPS) is 17.5. The highest BCUT2D eigenvalue weighted by Gasteiger charge is 2.26. The maximum atomic E-state index is 12.1. The van der Waals surface area contributed by atoms with Crippen LogP contribution in [-0.4, -0.2) is 5.91 Å². The topological polar surface area (TPSA) is 29.1 Å². The third-order valence-electron chi connectivity index (χ3n) is 4.61. The fourth-order valence-electron chi connectivity index (χ4n) is 3.26. The highest BCUT2D eigenvalue weighted by Crippen LogP contribution is 2.36. The van der Waals surface area contributed by atoms with Gasteiger partial charge in [0.15, 0.2) is 0 Å². The van der Waals surface area contributed by atoms with Gasteiger partial charge in [0, 0.05) is 17.0 Å². The molecule has 2 aromatic rings. The molecular formula is C17H17NO. The number of carbonyl (C=O) groups is 1. The summed E-state index contributed by atoms with van der Waals surface area (Å²) in [5.41, 5.74) is 3.83. The molecule has 4 rings (SSSR count). The van der Waals surface area contributed by atoms with E-state index < -0.39 is 0 Å². The van der Waals surface area contributed by atoms with E-state index in [0.29, 0.717) is 0 Å². The molecule has 2 aliphatic rings. The number of hydrogen-bond acceptors (Lipinski definition) is 1. The van der Waals surface area contributed by atoms with Crippen molar-refractivity contribution < 1.29 is 4.79 Å². The van der Waals surface area contributed by atoms with Gasteiger partial charge in [0.2, 0.25) is 5.91 Å². The van der Waals surface area contributed by atoms with Crippen LogP contribution in [0.2, 0.25) is 0 Å². The van der Waals surface area contributed by atoms with Gasteiger partial charge in [-0.05, 0) is 48.3 Å². The Labute approximate surface area is 112 Å². The Balaban J connectivity index is 1.76. The molecule has 1 fully saturated rings. The van der Waals surface area contributed by atoms with Crippen LogP contribution in [0.25, 0.3) is 10.8 Å². The summed E-state index contributed by atoms with van der Waals surface area (Å²) >= 11 is 0. The summed E-state index contributed by atoms with van der Waals surface area (Å²) in [6, 6.07) is 10.7. The number of nitrogens with one attached hydrogen (secondary N) is 1. The van der Waals surface area contributed by atoms with Crippen molar-refractivity contribution in [2.75, 3.05) is 5.32 Å². The van der Waals surface area contributed by atoms with Crippen LogP contribution in [0.15, 0.2) is 30.3 Å². The van der Waals surface area contributed by atoms with Crippen molar-refractivity contribution in [3.8, 4) is 0 Å². The summed E-state index contributed by atoms with van der Waals surface area (Å²) in [6.07, 6.45) is 5.56. The first-order valence-electron chi connectivity index (χ1n) is 7.17. The second-order valence-electron chi connectivity index (χ2n) is 5.73. The molecule has 0 radical (unpaired) electrons. The Kier molecular flexibility index (Phi) is 2.37. The fourth-order valence-corrected chi connectivity index (χ4v) is 3.26. The molecular weight excluding hydrogens is 234 g/mol. The summed E-state index contributed by atoms with van der Waals surface area (Å²) in [5.74, 6) is 0.438. The Morgan fingerprint density at radius 3 is 2.58 bits per heavy atom. The predicted molar refractivity (Wildman–Crippen MR) is 77.3 cm³/mol. The van der Waals surface area contributed by atoms with E-state index in [1.807, 2.05) is 0 Å². The lowest BCUT2D eigenvalue weighted by Gasteiger charge is -2.24. The molecule has 0 aliphatic heterocycles. The quantitative estimate of drug-likeness (QED) is 0.866. The smallest absolute Gasteiger partial charge is 0.227 e. The minimum Gasteiger partial charge on any atom is -0.325 e. The molecule has 0 saturated heterocycles. The molecule has 96 valence electrons. The van der Waals surface area contributed by atoms with Gasteiger partial charge in [0.05, 0.1) is 0 Å². The van der Waals surface area contributed by atoms with Gasteiger partial charge in [-0.2, -0.15) is 0 Å². The monoisotopic (exact) mass is 251 g/mol. The van der Waals surface area contributed by atoms with Crippen molar-refractivity contribution in [3.63, 3.8) is 0 Å². The van der Waals surface area contributed by atoms with Crippen LogP contribution in [-0.2, 0) is 17.6 Å². The minimum absolute atomic E-state index is 0.199. The summed E-state index contributed by atoms with van der Waals surface area (Å²) in [5, 5.41) is 5.71. The summed E-state index contributed by atoms with van der Waals surface area (Å²) in [4.78, 5) is 12.1. The molecule has 1 saturated carbocycles. The zero-order valence-electron chi connectivity index (χ0n) is 10.9. The number of aryl methyl sites for hydroxylation is 2. The lowest BCUT2D eigenvalue weighted by atomic mass is 9.84. The number of amides is 1. The van der Waals surface area contributed by atoms with Gasteiger partial charge >= 0.3 is 0 Å². The first-order valence-corrected chi connectivity index (χ1v) is 7.17. The summed E-state index contributed by atoms with van der Waals surface area (Å²) in [6.45, 7) is 0. The molecule has 2 aliphatic carbocycles. The molecule has 1 amide bonds. The maximum Gasteiger partial charge on any atom is 0.227 e. The predicted octanol–water partition coefficient (Wildman–Crippen LogP) is 3.68. The molecule has 0 aromatic heterocycles. The zero-order chi connectivity index (χ0) is 12.8. The maximum absolute atomic E-state index is 12.1. The lowest BCUT2D eigenvalue weighted by molar-refractivity contribution is -0.122. The van der Waals surface area contributed by atoms with Gasteiger partial charge in [-0.25, -0.2) is 0 Å². The van der Waals surface area contributed by atoms with Crippen molar-refractivity contribution in [1.82, 2.24) is 0 Å². The van der Waals surface area contributed by atoms with Crippen molar-refractivity contribution in [2.24, 2.45) is 5.92 Å². The largest absolute Gasteiger partial charge is 0.325 e. The molecule has 2 nitrogen and oxygen atoms in total. The van der Waals surface area contributed by atoms with Crippen LogP contribution in [0.3, 0.4) is 0 Å². The van der Waals surface area contributed by atoms with Gasteiger partial charge in [-0.3, -0.25) is 4.79 Å². The minimum atomic E-state index is 0.199. The van der Waals surface area contributed by atoms with Gasteiger partial charge in [-0.1, -0.05) is 30.7 Å². The van der Waals surface area contributed by atoms with Crippen LogP contribution >= 0.6 is 0 Å². The molecule has 0 unspecified atom stereocenters. The molecule has 0 atom stereocenters. The molecule has 19 heavy (non-hydrogen) atoms. The molecule has 1 N–H and O–H groups in total. The summed E-state index contributed by atoms with van der Waals surface area (Å²) in [7, 11) is 0. The van der Waals surface area contributed by atoms with E-state index in [0.717, 1.165) is 31.4 Å². The van der Waals surface area contributed by atoms with Crippen LogP contribution in [0.5, 0.6) is 0 Å². The summed E-state index contributed by atoms with van der Waals surface area (Å²) < 4.78 is 0. The van der Waals surface area contributed by atoms with Crippen molar-refractivity contribution >= 4 is 22.4 Å². The van der Waals surface area contributed by atoms with Crippen molar-refractivity contribution in [2.45, 2.75) is 32.1 Å². The molecule has 0 spiro atoms. The number of rotatable bonds is 2. The Morgan fingerprint density at radius 2 is 1.84 bits per heavy atom. The van der Waals surface area contributed by atoms with E-state index in [4.69, 9.17) is 0 Å². The zero-order valence-corrected chi connectivity index (χ0v) is 10.9. The highest BCUT2D eigenvalue weighted by atomic mass is 16.1. The first-order chi connectivity index (χ1) is 9.33. The second kappa shape index (κ2) is 4.09. The first kappa shape index (κ1) is 11.0. The molecule has 0 bridgehead atoms. The van der Waals surface area contributed by atoms with Crippen LogP contribution in [0.4, 0.5) is 5.69 Å². The number of benzene rings is 2. The molecule has 2 aromatic carbocycles. The van der Waals surface area contributed by atoms with E-state index in [1.54, 1.807) is 0 Å². The standard InChI is InChI=1S/C17H17NO/c19-17(13-4-1-5-13)18-15-10-9-12-8-7-11-3-2-6-14(15)16(11)12/h2-3,6,9-10,13H,1,4-5,7-8H2,(H,18,19). The number of hydrogen-bond donors (Lipinski definition) is 1. The van der Waals surface area contributed by atoms with E-state index in [9.17, 15) is 4.79 Å².